The van der Waals surface area contributed by atoms with Gasteiger partial charge in [0, 0.05) is 17.5 Å². The highest BCUT2D eigenvalue weighted by Gasteiger charge is 2.16. The van der Waals surface area contributed by atoms with E-state index in [0.717, 1.165) is 31.6 Å². The predicted molar refractivity (Wildman–Crippen MR) is 77.1 cm³/mol. The Hall–Kier alpha value is -1.21. The second kappa shape index (κ2) is 6.10. The molecule has 4 heteroatoms. The molecule has 0 radical (unpaired) electrons. The summed E-state index contributed by atoms with van der Waals surface area (Å²) < 4.78 is 0. The lowest BCUT2D eigenvalue weighted by molar-refractivity contribution is 0.847. The van der Waals surface area contributed by atoms with Gasteiger partial charge in [-0.3, -0.25) is 0 Å². The summed E-state index contributed by atoms with van der Waals surface area (Å²) in [7, 11) is 0. The molecule has 0 aromatic carbocycles. The number of rotatable bonds is 5. The summed E-state index contributed by atoms with van der Waals surface area (Å²) in [5, 5.41) is 13.1. The maximum absolute atomic E-state index is 9.17. The fraction of sp³-hybridized carbons (Fsp3) is 0.571. The van der Waals surface area contributed by atoms with E-state index in [-0.39, 0.29) is 0 Å². The molecule has 0 fully saturated rings. The largest absolute Gasteiger partial charge is 0.369 e. The molecule has 1 atom stereocenters. The van der Waals surface area contributed by atoms with Gasteiger partial charge in [-0.1, -0.05) is 6.92 Å². The van der Waals surface area contributed by atoms with Crippen LogP contribution in [0.15, 0.2) is 6.07 Å². The Morgan fingerprint density at radius 1 is 1.56 bits per heavy atom. The van der Waals surface area contributed by atoms with Crippen LogP contribution in [0.1, 0.15) is 36.6 Å². The maximum atomic E-state index is 9.17. The van der Waals surface area contributed by atoms with Crippen molar-refractivity contribution >= 4 is 17.6 Å². The molecule has 1 aliphatic rings. The molecule has 0 spiro atoms. The third-order valence-electron chi connectivity index (χ3n) is 3.42. The lowest BCUT2D eigenvalue weighted by Crippen LogP contribution is -2.10. The number of hydrogen-bond acceptors (Lipinski definition) is 4. The Morgan fingerprint density at radius 2 is 2.39 bits per heavy atom. The summed E-state index contributed by atoms with van der Waals surface area (Å²) in [5.74, 6) is 0.770. The first-order valence-electron chi connectivity index (χ1n) is 6.44. The van der Waals surface area contributed by atoms with Gasteiger partial charge < -0.3 is 5.32 Å². The average molecular weight is 261 g/mol. The Labute approximate surface area is 113 Å². The monoisotopic (exact) mass is 261 g/mol. The number of anilines is 1. The molecule has 1 N–H and O–H groups in total. The molecule has 1 aliphatic carbocycles. The molecule has 0 saturated heterocycles. The zero-order chi connectivity index (χ0) is 13.0. The summed E-state index contributed by atoms with van der Waals surface area (Å²) in [6, 6.07) is 4.26. The van der Waals surface area contributed by atoms with Gasteiger partial charge in [-0.05, 0) is 43.6 Å². The molecule has 1 aromatic rings. The van der Waals surface area contributed by atoms with Crippen LogP contribution >= 0.6 is 11.8 Å². The van der Waals surface area contributed by atoms with Crippen LogP contribution in [0.4, 0.5) is 5.82 Å². The second-order valence-electron chi connectivity index (χ2n) is 4.72. The highest BCUT2D eigenvalue weighted by Crippen LogP contribution is 2.25. The third kappa shape index (κ3) is 2.97. The molecule has 0 bridgehead atoms. The molecular weight excluding hydrogens is 242 g/mol. The first kappa shape index (κ1) is 13.2. The molecule has 1 heterocycles. The van der Waals surface area contributed by atoms with Gasteiger partial charge in [0.2, 0.25) is 0 Å². The minimum atomic E-state index is 0.637. The normalized spacial score (nSPS) is 14.9. The first-order valence-corrected chi connectivity index (χ1v) is 7.73. The Kier molecular flexibility index (Phi) is 4.48. The Balaban J connectivity index is 2.06. The van der Waals surface area contributed by atoms with Gasteiger partial charge in [-0.15, -0.1) is 0 Å². The minimum Gasteiger partial charge on any atom is -0.369 e. The van der Waals surface area contributed by atoms with Crippen LogP contribution in [0.25, 0.3) is 0 Å². The van der Waals surface area contributed by atoms with Crippen LogP contribution in [0, 0.1) is 11.3 Å². The van der Waals surface area contributed by atoms with E-state index in [0.29, 0.717) is 10.8 Å². The van der Waals surface area contributed by atoms with Crippen molar-refractivity contribution in [2.45, 2.75) is 37.9 Å². The highest BCUT2D eigenvalue weighted by atomic mass is 32.2. The van der Waals surface area contributed by atoms with E-state index in [4.69, 9.17) is 0 Å². The number of nitrogens with zero attached hydrogens (tertiary/aromatic N) is 2. The molecule has 96 valence electrons. The molecular formula is C14H19N3S. The molecule has 3 nitrogen and oxygen atoms in total. The summed E-state index contributed by atoms with van der Waals surface area (Å²) in [6.45, 7) is 3.09. The number of hydrogen-bond donors (Lipinski definition) is 1. The molecule has 0 amide bonds. The van der Waals surface area contributed by atoms with Gasteiger partial charge in [0.1, 0.15) is 11.9 Å². The lowest BCUT2D eigenvalue weighted by Gasteiger charge is -2.12. The third-order valence-corrected chi connectivity index (χ3v) is 4.46. The molecule has 2 rings (SSSR count). The molecule has 18 heavy (non-hydrogen) atoms. The van der Waals surface area contributed by atoms with Crippen molar-refractivity contribution < 1.29 is 0 Å². The van der Waals surface area contributed by atoms with Crippen molar-refractivity contribution in [2.24, 2.45) is 0 Å². The number of pyridine rings is 1. The number of nitriles is 1. The van der Waals surface area contributed by atoms with E-state index in [2.05, 4.69) is 29.5 Å². The smallest absolute Gasteiger partial charge is 0.144 e. The van der Waals surface area contributed by atoms with Gasteiger partial charge in [0.05, 0.1) is 5.56 Å². The van der Waals surface area contributed by atoms with E-state index in [1.807, 2.05) is 17.8 Å². The van der Waals surface area contributed by atoms with E-state index in [1.165, 1.54) is 17.7 Å². The first-order chi connectivity index (χ1) is 8.74. The molecule has 0 aliphatic heterocycles. The van der Waals surface area contributed by atoms with E-state index in [9.17, 15) is 5.26 Å². The van der Waals surface area contributed by atoms with Crippen molar-refractivity contribution in [2.75, 3.05) is 18.1 Å². The van der Waals surface area contributed by atoms with Crippen molar-refractivity contribution in [1.29, 1.82) is 5.26 Å². The number of fused-ring (bicyclic) bond motifs is 1. The summed E-state index contributed by atoms with van der Waals surface area (Å²) in [6.07, 6.45) is 6.50. The van der Waals surface area contributed by atoms with Gasteiger partial charge in [-0.25, -0.2) is 4.98 Å². The molecule has 0 saturated carbocycles. The number of aryl methyl sites for hydroxylation is 2. The number of thioether (sulfide) groups is 1. The van der Waals surface area contributed by atoms with E-state index < -0.39 is 0 Å². The zero-order valence-corrected chi connectivity index (χ0v) is 11.8. The van der Waals surface area contributed by atoms with Crippen molar-refractivity contribution in [3.63, 3.8) is 0 Å². The quantitative estimate of drug-likeness (QED) is 0.885. The van der Waals surface area contributed by atoms with Crippen LogP contribution < -0.4 is 5.32 Å². The van der Waals surface area contributed by atoms with Crippen molar-refractivity contribution in [3.05, 3.63) is 22.9 Å². The van der Waals surface area contributed by atoms with Gasteiger partial charge in [0.25, 0.3) is 0 Å². The van der Waals surface area contributed by atoms with Crippen LogP contribution in [0.3, 0.4) is 0 Å². The fourth-order valence-corrected chi connectivity index (χ4v) is 2.56. The van der Waals surface area contributed by atoms with Gasteiger partial charge in [-0.2, -0.15) is 17.0 Å². The lowest BCUT2D eigenvalue weighted by atomic mass is 10.1. The summed E-state index contributed by atoms with van der Waals surface area (Å²) >= 11 is 1.86. The van der Waals surface area contributed by atoms with E-state index in [1.54, 1.807) is 0 Å². The summed E-state index contributed by atoms with van der Waals surface area (Å²) in [5.41, 5.74) is 3.12. The summed E-state index contributed by atoms with van der Waals surface area (Å²) in [4.78, 5) is 4.61. The number of aromatic nitrogens is 1. The topological polar surface area (TPSA) is 48.7 Å². The van der Waals surface area contributed by atoms with Crippen LogP contribution in [-0.2, 0) is 12.8 Å². The van der Waals surface area contributed by atoms with Crippen LogP contribution in [-0.4, -0.2) is 23.0 Å². The highest BCUT2D eigenvalue weighted by molar-refractivity contribution is 7.99. The molecule has 1 unspecified atom stereocenters. The average Bonchev–Trinajstić information content (AvgIpc) is 2.84. The number of nitrogens with one attached hydrogen (secondary N) is 1. The molecule has 1 aromatic heterocycles. The van der Waals surface area contributed by atoms with Crippen LogP contribution in [0.2, 0.25) is 0 Å². The SMILES string of the molecule is CSC(C)CCNc1nc2c(cc1C#N)CCC2. The Morgan fingerprint density at radius 3 is 3.11 bits per heavy atom. The predicted octanol–water partition coefficient (Wildman–Crippen LogP) is 3.00. The van der Waals surface area contributed by atoms with Gasteiger partial charge in [0.15, 0.2) is 0 Å². The van der Waals surface area contributed by atoms with Crippen molar-refractivity contribution in [1.82, 2.24) is 4.98 Å². The Bertz CT molecular complexity index is 465. The van der Waals surface area contributed by atoms with Crippen molar-refractivity contribution in [3.8, 4) is 6.07 Å². The maximum Gasteiger partial charge on any atom is 0.144 e. The van der Waals surface area contributed by atoms with E-state index >= 15 is 0 Å². The zero-order valence-electron chi connectivity index (χ0n) is 11.0. The van der Waals surface area contributed by atoms with Crippen LogP contribution in [0.5, 0.6) is 0 Å². The van der Waals surface area contributed by atoms with Gasteiger partial charge >= 0.3 is 0 Å². The minimum absolute atomic E-state index is 0.637. The standard InChI is InChI=1S/C14H19N3S/c1-10(18-2)6-7-16-14-12(9-15)8-11-4-3-5-13(11)17-14/h8,10H,3-7H2,1-2H3,(H,16,17). The fourth-order valence-electron chi connectivity index (χ4n) is 2.20. The second-order valence-corrected chi connectivity index (χ2v) is 5.99.